The minimum absolute atomic E-state index is 0. The van der Waals surface area contributed by atoms with Gasteiger partial charge in [-0.1, -0.05) is 5.05 Å². The van der Waals surface area contributed by atoms with Gasteiger partial charge in [-0.3, -0.25) is 0 Å². The third-order valence-corrected chi connectivity index (χ3v) is 4.53. The third-order valence-electron chi connectivity index (χ3n) is 1.36. The van der Waals surface area contributed by atoms with Crippen LogP contribution in [0.3, 0.4) is 0 Å². The zero-order chi connectivity index (χ0) is 9.61. The van der Waals surface area contributed by atoms with Crippen molar-refractivity contribution in [2.75, 3.05) is 13.2 Å². The fourth-order valence-corrected chi connectivity index (χ4v) is 3.84. The molecule has 6 heteroatoms. The average Bonchev–Trinajstić information content (AvgIpc) is 1.85. The largest absolute Gasteiger partial charge is 1.00 e. The molecule has 3 nitrogen and oxygen atoms in total. The molecule has 0 aromatic heterocycles. The molecule has 0 aliphatic rings. The molecule has 13 heavy (non-hydrogen) atoms. The first-order valence-corrected chi connectivity index (χ1v) is 6.95. The Kier molecular flexibility index (Phi) is 9.86. The summed E-state index contributed by atoms with van der Waals surface area (Å²) in [7, 11) is -2.27. The van der Waals surface area contributed by atoms with Crippen molar-refractivity contribution in [3.63, 3.8) is 0 Å². The van der Waals surface area contributed by atoms with Crippen LogP contribution >= 0.6 is 12.2 Å². The van der Waals surface area contributed by atoms with Crippen LogP contribution in [-0.4, -0.2) is 26.8 Å². The van der Waals surface area contributed by atoms with Crippen LogP contribution in [0.4, 0.5) is 0 Å². The van der Waals surface area contributed by atoms with Gasteiger partial charge in [0.2, 0.25) is 0 Å². The maximum absolute atomic E-state index is 10.7. The van der Waals surface area contributed by atoms with E-state index in [4.69, 9.17) is 8.85 Å². The van der Waals surface area contributed by atoms with E-state index in [1.165, 1.54) is 0 Å². The Bertz CT molecular complexity index is 151. The molecular formula is C7H15LiO3SSi. The van der Waals surface area contributed by atoms with Crippen molar-refractivity contribution in [2.45, 2.75) is 26.4 Å². The summed E-state index contributed by atoms with van der Waals surface area (Å²) in [5, 5.41) is 10.4. The Morgan fingerprint density at radius 3 is 1.92 bits per heavy atom. The summed E-state index contributed by atoms with van der Waals surface area (Å²) in [6.45, 7) is 6.79. The summed E-state index contributed by atoms with van der Waals surface area (Å²) in [6.07, 6.45) is 0. The summed E-state index contributed by atoms with van der Waals surface area (Å²) in [6, 6.07) is 0.268. The van der Waals surface area contributed by atoms with Gasteiger partial charge in [0.1, 0.15) is 0 Å². The predicted molar refractivity (Wildman–Crippen MR) is 52.3 cm³/mol. The Morgan fingerprint density at radius 1 is 1.31 bits per heavy atom. The van der Waals surface area contributed by atoms with E-state index < -0.39 is 8.56 Å². The van der Waals surface area contributed by atoms with Crippen LogP contribution in [0, 0.1) is 0 Å². The van der Waals surface area contributed by atoms with Crippen molar-refractivity contribution in [1.29, 1.82) is 0 Å². The van der Waals surface area contributed by atoms with Gasteiger partial charge in [-0.2, -0.15) is 0 Å². The molecule has 0 N–H and O–H groups in total. The topological polar surface area (TPSA) is 41.5 Å². The normalized spacial score (nSPS) is 10.7. The second-order valence-electron chi connectivity index (χ2n) is 2.55. The molecular weight excluding hydrogens is 199 g/mol. The molecule has 0 spiro atoms. The third kappa shape index (κ3) is 7.68. The van der Waals surface area contributed by atoms with Crippen molar-refractivity contribution in [2.24, 2.45) is 0 Å². The molecule has 0 aromatic rings. The zero-order valence-electron chi connectivity index (χ0n) is 8.75. The Labute approximate surface area is 98.2 Å². The first kappa shape index (κ1) is 16.1. The van der Waals surface area contributed by atoms with Gasteiger partial charge in [-0.25, -0.2) is 0 Å². The molecule has 0 rings (SSSR count). The van der Waals surface area contributed by atoms with Gasteiger partial charge in [0.25, 0.3) is 0 Å². The molecule has 0 fully saturated rings. The summed E-state index contributed by atoms with van der Waals surface area (Å²) >= 11 is 4.49. The quantitative estimate of drug-likeness (QED) is 0.372. The van der Waals surface area contributed by atoms with Crippen LogP contribution in [0.25, 0.3) is 0 Å². The molecule has 0 aromatic carbocycles. The van der Waals surface area contributed by atoms with E-state index in [-0.39, 0.29) is 30.0 Å². The van der Waals surface area contributed by atoms with Gasteiger partial charge in [-0.05, 0) is 20.4 Å². The molecule has 0 unspecified atom stereocenters. The molecule has 0 amide bonds. The minimum atomic E-state index is -2.27. The van der Waals surface area contributed by atoms with E-state index in [0.29, 0.717) is 13.2 Å². The molecule has 0 saturated heterocycles. The first-order valence-electron chi connectivity index (χ1n) is 4.02. The SMILES string of the molecule is CCO[Si](C)(CC([O-])=S)OCC.[Li+]. The fraction of sp³-hybridized carbons (Fsp3) is 0.857. The van der Waals surface area contributed by atoms with Gasteiger partial charge >= 0.3 is 27.4 Å². The van der Waals surface area contributed by atoms with Crippen molar-refractivity contribution in [1.82, 2.24) is 0 Å². The maximum Gasteiger partial charge on any atom is 1.00 e. The second kappa shape index (κ2) is 7.98. The van der Waals surface area contributed by atoms with E-state index in [1.807, 2.05) is 20.4 Å². The van der Waals surface area contributed by atoms with Gasteiger partial charge in [0.15, 0.2) is 0 Å². The molecule has 0 heterocycles. The van der Waals surface area contributed by atoms with Crippen molar-refractivity contribution in [3.05, 3.63) is 0 Å². The number of rotatable bonds is 6. The molecule has 72 valence electrons. The molecule has 0 bridgehead atoms. The van der Waals surface area contributed by atoms with Crippen LogP contribution in [0.1, 0.15) is 13.8 Å². The number of hydrogen-bond donors (Lipinski definition) is 0. The summed E-state index contributed by atoms with van der Waals surface area (Å²) in [4.78, 5) is 0. The van der Waals surface area contributed by atoms with Crippen molar-refractivity contribution >= 4 is 25.8 Å². The van der Waals surface area contributed by atoms with Gasteiger partial charge in [-0.15, -0.1) is 12.2 Å². The van der Waals surface area contributed by atoms with E-state index in [2.05, 4.69) is 12.2 Å². The number of hydrogen-bond acceptors (Lipinski definition) is 4. The van der Waals surface area contributed by atoms with Crippen LogP contribution < -0.4 is 24.0 Å². The molecule has 0 aliphatic heterocycles. The minimum Gasteiger partial charge on any atom is -0.868 e. The van der Waals surface area contributed by atoms with Crippen molar-refractivity contribution < 1.29 is 32.8 Å². The van der Waals surface area contributed by atoms with Crippen LogP contribution in [0.15, 0.2) is 0 Å². The van der Waals surface area contributed by atoms with E-state index in [0.717, 1.165) is 0 Å². The van der Waals surface area contributed by atoms with Crippen LogP contribution in [-0.2, 0) is 8.85 Å². The molecule has 0 radical (unpaired) electrons. The van der Waals surface area contributed by atoms with Crippen LogP contribution in [0.5, 0.6) is 0 Å². The van der Waals surface area contributed by atoms with E-state index >= 15 is 0 Å². The van der Waals surface area contributed by atoms with Gasteiger partial charge in [0.05, 0.1) is 0 Å². The first-order chi connectivity index (χ1) is 5.54. The summed E-state index contributed by atoms with van der Waals surface area (Å²) < 4.78 is 10.8. The maximum atomic E-state index is 10.7. The van der Waals surface area contributed by atoms with Crippen LogP contribution in [0.2, 0.25) is 12.6 Å². The monoisotopic (exact) mass is 214 g/mol. The summed E-state index contributed by atoms with van der Waals surface area (Å²) in [5.74, 6) is 0. The fourth-order valence-electron chi connectivity index (χ4n) is 1.02. The Hall–Kier alpha value is 0.624. The number of thiocarbonyl (C=S) groups is 1. The predicted octanol–water partition coefficient (Wildman–Crippen LogP) is -2.18. The molecule has 0 aliphatic carbocycles. The summed E-state index contributed by atoms with van der Waals surface area (Å²) in [5.41, 5.74) is 0. The molecule has 0 atom stereocenters. The Morgan fingerprint density at radius 2 is 1.69 bits per heavy atom. The standard InChI is InChI=1S/C7H16O3SSi.Li/c1-4-9-12(3,10-5-2)6-7(8)11;/h4-6H2,1-3H3,(H,8,11);/q;+1/p-1. The zero-order valence-corrected chi connectivity index (χ0v) is 10.6. The van der Waals surface area contributed by atoms with Gasteiger partial charge in [0, 0.05) is 19.3 Å². The van der Waals surface area contributed by atoms with E-state index in [9.17, 15) is 5.11 Å². The average molecular weight is 214 g/mol. The Balaban J connectivity index is 0. The van der Waals surface area contributed by atoms with Crippen molar-refractivity contribution in [3.8, 4) is 0 Å². The molecule has 0 saturated carbocycles. The second-order valence-corrected chi connectivity index (χ2v) is 6.20. The van der Waals surface area contributed by atoms with E-state index in [1.54, 1.807) is 0 Å². The van der Waals surface area contributed by atoms with Gasteiger partial charge < -0.3 is 14.0 Å². The smallest absolute Gasteiger partial charge is 0.868 e.